The molecule has 2 N–H and O–H groups in total. The Hall–Kier alpha value is -1.46. The zero-order valence-corrected chi connectivity index (χ0v) is 10.8. The molecule has 2 rings (SSSR count). The maximum absolute atomic E-state index is 12.7. The van der Waals surface area contributed by atoms with Crippen molar-refractivity contribution >= 4 is 11.6 Å². The van der Waals surface area contributed by atoms with Crippen molar-refractivity contribution in [1.82, 2.24) is 4.90 Å². The molecule has 0 atom stereocenters. The molecule has 19 heavy (non-hydrogen) atoms. The third-order valence-corrected chi connectivity index (χ3v) is 3.20. The second-order valence-electron chi connectivity index (χ2n) is 4.80. The van der Waals surface area contributed by atoms with Gasteiger partial charge in [0.1, 0.15) is 5.82 Å². The average molecular weight is 266 g/mol. The summed E-state index contributed by atoms with van der Waals surface area (Å²) in [7, 11) is 0. The van der Waals surface area contributed by atoms with Gasteiger partial charge in [0.2, 0.25) is 5.91 Å². The fourth-order valence-electron chi connectivity index (χ4n) is 2.05. The molecule has 1 amide bonds. The average Bonchev–Trinajstić information content (AvgIpc) is 3.21. The quantitative estimate of drug-likeness (QED) is 0.788. The third-order valence-electron chi connectivity index (χ3n) is 3.20. The second-order valence-corrected chi connectivity index (χ2v) is 4.80. The number of rotatable bonds is 7. The van der Waals surface area contributed by atoms with Gasteiger partial charge in [0.15, 0.2) is 0 Å². The maximum atomic E-state index is 12.7. The third kappa shape index (κ3) is 4.61. The van der Waals surface area contributed by atoms with Crippen molar-refractivity contribution < 1.29 is 14.3 Å². The Morgan fingerprint density at radius 3 is 2.58 bits per heavy atom. The van der Waals surface area contributed by atoms with Crippen LogP contribution in [-0.2, 0) is 4.79 Å². The van der Waals surface area contributed by atoms with Crippen molar-refractivity contribution in [2.45, 2.75) is 25.3 Å². The number of carbonyl (C=O) groups excluding carboxylic acids is 1. The van der Waals surface area contributed by atoms with Gasteiger partial charge >= 0.3 is 0 Å². The Morgan fingerprint density at radius 1 is 1.32 bits per heavy atom. The summed E-state index contributed by atoms with van der Waals surface area (Å²) in [5, 5.41) is 11.7. The van der Waals surface area contributed by atoms with Crippen LogP contribution in [0.15, 0.2) is 24.3 Å². The number of carbonyl (C=O) groups is 1. The van der Waals surface area contributed by atoms with E-state index < -0.39 is 0 Å². The number of aliphatic hydroxyl groups excluding tert-OH is 1. The van der Waals surface area contributed by atoms with Crippen molar-refractivity contribution in [1.29, 1.82) is 0 Å². The Kier molecular flexibility index (Phi) is 4.87. The largest absolute Gasteiger partial charge is 0.395 e. The lowest BCUT2D eigenvalue weighted by molar-refractivity contribution is -0.116. The predicted molar refractivity (Wildman–Crippen MR) is 71.3 cm³/mol. The van der Waals surface area contributed by atoms with E-state index in [-0.39, 0.29) is 18.3 Å². The van der Waals surface area contributed by atoms with Gasteiger partial charge in [-0.1, -0.05) is 0 Å². The molecule has 5 heteroatoms. The molecular formula is C14H19FN2O2. The summed E-state index contributed by atoms with van der Waals surface area (Å²) < 4.78 is 12.7. The van der Waals surface area contributed by atoms with Crippen LogP contribution in [0, 0.1) is 5.82 Å². The number of amides is 1. The number of nitrogens with one attached hydrogen (secondary N) is 1. The second kappa shape index (κ2) is 6.63. The lowest BCUT2D eigenvalue weighted by Gasteiger charge is -2.20. The Morgan fingerprint density at radius 2 is 2.00 bits per heavy atom. The van der Waals surface area contributed by atoms with Crippen LogP contribution in [0.3, 0.4) is 0 Å². The van der Waals surface area contributed by atoms with E-state index in [1.54, 1.807) is 12.1 Å². The SMILES string of the molecule is O=C(CCN(CCO)C1CC1)Nc1ccc(F)cc1. The molecule has 0 bridgehead atoms. The highest BCUT2D eigenvalue weighted by atomic mass is 19.1. The van der Waals surface area contributed by atoms with Gasteiger partial charge in [-0.05, 0) is 37.1 Å². The first-order valence-electron chi connectivity index (χ1n) is 6.59. The van der Waals surface area contributed by atoms with Crippen LogP contribution in [0.25, 0.3) is 0 Å². The topological polar surface area (TPSA) is 52.6 Å². The minimum Gasteiger partial charge on any atom is -0.395 e. The summed E-state index contributed by atoms with van der Waals surface area (Å²) in [6.45, 7) is 1.39. The van der Waals surface area contributed by atoms with Gasteiger partial charge in [-0.25, -0.2) is 4.39 Å². The molecule has 0 spiro atoms. The van der Waals surface area contributed by atoms with E-state index in [1.165, 1.54) is 12.1 Å². The molecule has 0 unspecified atom stereocenters. The van der Waals surface area contributed by atoms with Crippen molar-refractivity contribution in [3.63, 3.8) is 0 Å². The smallest absolute Gasteiger partial charge is 0.225 e. The number of hydrogen-bond donors (Lipinski definition) is 2. The van der Waals surface area contributed by atoms with Crippen LogP contribution in [0.4, 0.5) is 10.1 Å². The number of halogens is 1. The predicted octanol–water partition coefficient (Wildman–Crippen LogP) is 1.61. The van der Waals surface area contributed by atoms with E-state index in [2.05, 4.69) is 10.2 Å². The van der Waals surface area contributed by atoms with Crippen molar-refractivity contribution in [3.05, 3.63) is 30.1 Å². The monoisotopic (exact) mass is 266 g/mol. The van der Waals surface area contributed by atoms with E-state index in [0.717, 1.165) is 12.8 Å². The number of nitrogens with zero attached hydrogens (tertiary/aromatic N) is 1. The van der Waals surface area contributed by atoms with E-state index in [1.807, 2.05) is 0 Å². The van der Waals surface area contributed by atoms with E-state index in [4.69, 9.17) is 5.11 Å². The minimum absolute atomic E-state index is 0.0878. The van der Waals surface area contributed by atoms with Crippen molar-refractivity contribution in [2.24, 2.45) is 0 Å². The number of aliphatic hydroxyl groups is 1. The summed E-state index contributed by atoms with van der Waals surface area (Å²) in [5.74, 6) is -0.406. The molecule has 1 aromatic carbocycles. The van der Waals surface area contributed by atoms with Crippen LogP contribution in [0.2, 0.25) is 0 Å². The Bertz CT molecular complexity index is 418. The molecule has 104 valence electrons. The number of anilines is 1. The minimum atomic E-state index is -0.319. The molecule has 0 radical (unpaired) electrons. The molecule has 1 aliphatic carbocycles. The molecule has 1 aliphatic rings. The van der Waals surface area contributed by atoms with Gasteiger partial charge in [-0.15, -0.1) is 0 Å². The van der Waals surface area contributed by atoms with Crippen LogP contribution in [-0.4, -0.2) is 41.7 Å². The van der Waals surface area contributed by atoms with Crippen LogP contribution in [0.5, 0.6) is 0 Å². The van der Waals surface area contributed by atoms with Crippen molar-refractivity contribution in [3.8, 4) is 0 Å². The highest BCUT2D eigenvalue weighted by Gasteiger charge is 2.28. The Labute approximate surface area is 112 Å². The molecule has 1 fully saturated rings. The summed E-state index contributed by atoms with van der Waals surface area (Å²) >= 11 is 0. The number of benzene rings is 1. The summed E-state index contributed by atoms with van der Waals surface area (Å²) in [6.07, 6.45) is 2.69. The molecular weight excluding hydrogens is 247 g/mol. The lowest BCUT2D eigenvalue weighted by atomic mass is 10.3. The zero-order valence-electron chi connectivity index (χ0n) is 10.8. The number of hydrogen-bond acceptors (Lipinski definition) is 3. The van der Waals surface area contributed by atoms with Gasteiger partial charge in [0.25, 0.3) is 0 Å². The van der Waals surface area contributed by atoms with E-state index in [9.17, 15) is 9.18 Å². The van der Waals surface area contributed by atoms with E-state index >= 15 is 0 Å². The first kappa shape index (κ1) is 14.0. The zero-order chi connectivity index (χ0) is 13.7. The van der Waals surface area contributed by atoms with Gasteiger partial charge in [-0.3, -0.25) is 9.69 Å². The van der Waals surface area contributed by atoms with Crippen LogP contribution in [0.1, 0.15) is 19.3 Å². The normalized spacial score (nSPS) is 14.7. The summed E-state index contributed by atoms with van der Waals surface area (Å²) in [6, 6.07) is 6.25. The van der Waals surface area contributed by atoms with Gasteiger partial charge in [0.05, 0.1) is 6.61 Å². The van der Waals surface area contributed by atoms with Crippen molar-refractivity contribution in [2.75, 3.05) is 25.0 Å². The first-order valence-corrected chi connectivity index (χ1v) is 6.59. The molecule has 0 aromatic heterocycles. The fourth-order valence-corrected chi connectivity index (χ4v) is 2.05. The molecule has 4 nitrogen and oxygen atoms in total. The molecule has 0 heterocycles. The maximum Gasteiger partial charge on any atom is 0.225 e. The summed E-state index contributed by atoms with van der Waals surface area (Å²) in [5.41, 5.74) is 0.603. The van der Waals surface area contributed by atoms with Gasteiger partial charge < -0.3 is 10.4 Å². The summed E-state index contributed by atoms with van der Waals surface area (Å²) in [4.78, 5) is 13.9. The fraction of sp³-hybridized carbons (Fsp3) is 0.500. The van der Waals surface area contributed by atoms with Gasteiger partial charge in [-0.2, -0.15) is 0 Å². The highest BCUT2D eigenvalue weighted by Crippen LogP contribution is 2.26. The van der Waals surface area contributed by atoms with Gasteiger partial charge in [0, 0.05) is 31.2 Å². The molecule has 1 saturated carbocycles. The molecule has 0 saturated heterocycles. The van der Waals surface area contributed by atoms with E-state index in [0.29, 0.717) is 31.2 Å². The van der Waals surface area contributed by atoms with Crippen LogP contribution >= 0.6 is 0 Å². The molecule has 0 aliphatic heterocycles. The first-order chi connectivity index (χ1) is 9.19. The van der Waals surface area contributed by atoms with Crippen LogP contribution < -0.4 is 5.32 Å². The standard InChI is InChI=1S/C14H19FN2O2/c15-11-1-3-12(4-2-11)16-14(19)7-8-17(9-10-18)13-5-6-13/h1-4,13,18H,5-10H2,(H,16,19). The molecule has 1 aromatic rings. The Balaban J connectivity index is 1.75. The highest BCUT2D eigenvalue weighted by molar-refractivity contribution is 5.90. The lowest BCUT2D eigenvalue weighted by Crippen LogP contribution is -2.32.